The topological polar surface area (TPSA) is 93.5 Å². The lowest BCUT2D eigenvalue weighted by atomic mass is 9.80. The van der Waals surface area contributed by atoms with Crippen LogP contribution in [-0.2, 0) is 14.8 Å². The van der Waals surface area contributed by atoms with Crippen LogP contribution in [0.3, 0.4) is 0 Å². The van der Waals surface area contributed by atoms with Gasteiger partial charge in [0.1, 0.15) is 0 Å². The Hall–Kier alpha value is -1.31. The van der Waals surface area contributed by atoms with Crippen molar-refractivity contribution in [3.05, 3.63) is 18.2 Å². The third-order valence-corrected chi connectivity index (χ3v) is 5.51. The monoisotopic (exact) mass is 313 g/mol. The van der Waals surface area contributed by atoms with Crippen LogP contribution >= 0.6 is 0 Å². The zero-order chi connectivity index (χ0) is 15.5. The van der Waals surface area contributed by atoms with Crippen LogP contribution in [0, 0.1) is 0 Å². The fraction of sp³-hybridized carbons (Fsp3) is 0.571. The summed E-state index contributed by atoms with van der Waals surface area (Å²) < 4.78 is 32.0. The Bertz CT molecular complexity index is 592. The number of sulfonamides is 1. The molecule has 1 aromatic carbocycles. The van der Waals surface area contributed by atoms with Crippen molar-refractivity contribution < 1.29 is 13.2 Å². The molecule has 0 unspecified atom stereocenters. The van der Waals surface area contributed by atoms with Crippen molar-refractivity contribution in [2.24, 2.45) is 0 Å². The minimum Gasteiger partial charge on any atom is -0.397 e. The van der Waals surface area contributed by atoms with Crippen LogP contribution < -0.4 is 15.8 Å². The Balaban J connectivity index is 2.16. The maximum absolute atomic E-state index is 12.0. The largest absolute Gasteiger partial charge is 0.397 e. The van der Waals surface area contributed by atoms with Gasteiger partial charge in [-0.05, 0) is 37.5 Å². The van der Waals surface area contributed by atoms with E-state index in [4.69, 9.17) is 10.5 Å². The van der Waals surface area contributed by atoms with E-state index in [9.17, 15) is 8.42 Å². The Morgan fingerprint density at radius 3 is 2.62 bits per heavy atom. The van der Waals surface area contributed by atoms with Crippen molar-refractivity contribution in [1.29, 1.82) is 0 Å². The van der Waals surface area contributed by atoms with Crippen molar-refractivity contribution in [3.8, 4) is 0 Å². The summed E-state index contributed by atoms with van der Waals surface area (Å²) in [5.74, 6) is 0. The van der Waals surface area contributed by atoms with Gasteiger partial charge in [-0.2, -0.15) is 0 Å². The SMILES string of the molecule is CCNS(=O)(=O)c1ccc(N)c(NCC2(OC)CCC2)c1. The van der Waals surface area contributed by atoms with Gasteiger partial charge in [0.25, 0.3) is 0 Å². The standard InChI is InChI=1S/C14H23N3O3S/c1-3-17-21(18,19)11-5-6-12(15)13(9-11)16-10-14(20-2)7-4-8-14/h5-6,9,16-17H,3-4,7-8,10,15H2,1-2H3. The average Bonchev–Trinajstić information content (AvgIpc) is 2.39. The number of anilines is 2. The lowest BCUT2D eigenvalue weighted by Crippen LogP contribution is -2.45. The second-order valence-corrected chi connectivity index (χ2v) is 7.11. The highest BCUT2D eigenvalue weighted by molar-refractivity contribution is 7.89. The van der Waals surface area contributed by atoms with Gasteiger partial charge in [-0.1, -0.05) is 6.92 Å². The van der Waals surface area contributed by atoms with E-state index in [2.05, 4.69) is 10.0 Å². The lowest BCUT2D eigenvalue weighted by Gasteiger charge is -2.40. The van der Waals surface area contributed by atoms with Gasteiger partial charge in [0.15, 0.2) is 0 Å². The molecule has 0 aliphatic heterocycles. The molecular weight excluding hydrogens is 290 g/mol. The van der Waals surface area contributed by atoms with E-state index in [1.807, 2.05) is 0 Å². The van der Waals surface area contributed by atoms with E-state index >= 15 is 0 Å². The quantitative estimate of drug-likeness (QED) is 0.664. The van der Waals surface area contributed by atoms with Gasteiger partial charge in [-0.3, -0.25) is 0 Å². The molecule has 0 atom stereocenters. The Morgan fingerprint density at radius 1 is 1.38 bits per heavy atom. The predicted octanol–water partition coefficient (Wildman–Crippen LogP) is 1.55. The molecule has 1 aliphatic carbocycles. The zero-order valence-corrected chi connectivity index (χ0v) is 13.3. The first-order valence-electron chi connectivity index (χ1n) is 7.11. The molecule has 0 heterocycles. The molecule has 6 nitrogen and oxygen atoms in total. The maximum Gasteiger partial charge on any atom is 0.240 e. The molecule has 0 bridgehead atoms. The summed E-state index contributed by atoms with van der Waals surface area (Å²) >= 11 is 0. The molecule has 4 N–H and O–H groups in total. The molecule has 7 heteroatoms. The molecule has 1 saturated carbocycles. The van der Waals surface area contributed by atoms with E-state index in [-0.39, 0.29) is 10.5 Å². The predicted molar refractivity (Wildman–Crippen MR) is 83.8 cm³/mol. The van der Waals surface area contributed by atoms with Crippen LogP contribution in [0.4, 0.5) is 11.4 Å². The number of nitrogen functional groups attached to an aromatic ring is 1. The van der Waals surface area contributed by atoms with Crippen molar-refractivity contribution in [3.63, 3.8) is 0 Å². The normalized spacial score (nSPS) is 17.2. The van der Waals surface area contributed by atoms with Gasteiger partial charge in [0.2, 0.25) is 10.0 Å². The smallest absolute Gasteiger partial charge is 0.240 e. The molecule has 0 spiro atoms. The highest BCUT2D eigenvalue weighted by Gasteiger charge is 2.36. The van der Waals surface area contributed by atoms with Crippen LogP contribution in [0.25, 0.3) is 0 Å². The zero-order valence-electron chi connectivity index (χ0n) is 12.5. The van der Waals surface area contributed by atoms with Crippen LogP contribution in [0.5, 0.6) is 0 Å². The summed E-state index contributed by atoms with van der Waals surface area (Å²) in [5, 5.41) is 3.22. The molecule has 0 aromatic heterocycles. The molecule has 0 radical (unpaired) electrons. The number of hydrogen-bond donors (Lipinski definition) is 3. The molecule has 2 rings (SSSR count). The summed E-state index contributed by atoms with van der Waals surface area (Å²) in [6.45, 7) is 2.72. The van der Waals surface area contributed by atoms with Gasteiger partial charge in [0, 0.05) is 20.2 Å². The molecule has 1 fully saturated rings. The Morgan fingerprint density at radius 2 is 2.10 bits per heavy atom. The van der Waals surface area contributed by atoms with Crippen LogP contribution in [0.2, 0.25) is 0 Å². The fourth-order valence-corrected chi connectivity index (χ4v) is 3.48. The minimum atomic E-state index is -3.48. The third kappa shape index (κ3) is 3.48. The first kappa shape index (κ1) is 16.1. The van der Waals surface area contributed by atoms with Crippen molar-refractivity contribution >= 4 is 21.4 Å². The maximum atomic E-state index is 12.0. The number of hydrogen-bond acceptors (Lipinski definition) is 5. The van der Waals surface area contributed by atoms with Crippen LogP contribution in [0.15, 0.2) is 23.1 Å². The van der Waals surface area contributed by atoms with Gasteiger partial charge < -0.3 is 15.8 Å². The Kier molecular flexibility index (Phi) is 4.75. The van der Waals surface area contributed by atoms with Crippen molar-refractivity contribution in [1.82, 2.24) is 4.72 Å². The van der Waals surface area contributed by atoms with E-state index in [1.165, 1.54) is 6.07 Å². The number of ether oxygens (including phenoxy) is 1. The Labute approximate surface area is 126 Å². The van der Waals surface area contributed by atoms with Crippen molar-refractivity contribution in [2.75, 3.05) is 31.2 Å². The van der Waals surface area contributed by atoms with E-state index < -0.39 is 10.0 Å². The number of rotatable bonds is 7. The summed E-state index contributed by atoms with van der Waals surface area (Å²) in [5.41, 5.74) is 6.92. The highest BCUT2D eigenvalue weighted by atomic mass is 32.2. The molecular formula is C14H23N3O3S. The number of nitrogens with two attached hydrogens (primary N) is 1. The van der Waals surface area contributed by atoms with Gasteiger partial charge in [-0.25, -0.2) is 13.1 Å². The number of methoxy groups -OCH3 is 1. The van der Waals surface area contributed by atoms with E-state index in [0.29, 0.717) is 24.5 Å². The lowest BCUT2D eigenvalue weighted by molar-refractivity contribution is -0.0601. The summed E-state index contributed by atoms with van der Waals surface area (Å²) in [6, 6.07) is 4.68. The number of nitrogens with one attached hydrogen (secondary N) is 2. The molecule has 0 saturated heterocycles. The first-order chi connectivity index (χ1) is 9.92. The van der Waals surface area contributed by atoms with E-state index in [0.717, 1.165) is 19.3 Å². The molecule has 118 valence electrons. The third-order valence-electron chi connectivity index (χ3n) is 3.97. The van der Waals surface area contributed by atoms with Crippen LogP contribution in [-0.4, -0.2) is 34.2 Å². The minimum absolute atomic E-state index is 0.150. The summed E-state index contributed by atoms with van der Waals surface area (Å²) in [7, 11) is -1.77. The molecule has 1 aliphatic rings. The highest BCUT2D eigenvalue weighted by Crippen LogP contribution is 2.35. The van der Waals surface area contributed by atoms with Gasteiger partial charge in [0.05, 0.1) is 21.9 Å². The summed E-state index contributed by atoms with van der Waals surface area (Å²) in [4.78, 5) is 0.209. The van der Waals surface area contributed by atoms with Crippen molar-refractivity contribution in [2.45, 2.75) is 36.7 Å². The van der Waals surface area contributed by atoms with Gasteiger partial charge in [-0.15, -0.1) is 0 Å². The second kappa shape index (κ2) is 6.21. The second-order valence-electron chi connectivity index (χ2n) is 5.34. The first-order valence-corrected chi connectivity index (χ1v) is 8.59. The fourth-order valence-electron chi connectivity index (χ4n) is 2.41. The average molecular weight is 313 g/mol. The van der Waals surface area contributed by atoms with Gasteiger partial charge >= 0.3 is 0 Å². The van der Waals surface area contributed by atoms with Crippen LogP contribution in [0.1, 0.15) is 26.2 Å². The van der Waals surface area contributed by atoms with E-state index in [1.54, 1.807) is 26.2 Å². The summed E-state index contributed by atoms with van der Waals surface area (Å²) in [6.07, 6.45) is 3.16. The molecule has 0 amide bonds. The molecule has 1 aromatic rings. The molecule has 21 heavy (non-hydrogen) atoms. The number of benzene rings is 1.